The molecule has 0 aromatic heterocycles. The smallest absolute Gasteiger partial charge is 0.375 e. The van der Waals surface area contributed by atoms with Crippen molar-refractivity contribution in [2.45, 2.75) is 18.9 Å². The third-order valence-electron chi connectivity index (χ3n) is 2.68. The van der Waals surface area contributed by atoms with Crippen LogP contribution in [0.2, 0.25) is 0 Å². The van der Waals surface area contributed by atoms with E-state index in [4.69, 9.17) is 4.89 Å². The van der Waals surface area contributed by atoms with Crippen LogP contribution in [0.4, 0.5) is 4.79 Å². The van der Waals surface area contributed by atoms with E-state index in [2.05, 4.69) is 9.84 Å². The summed E-state index contributed by atoms with van der Waals surface area (Å²) >= 11 is 0. The number of carbonyl (C=O) groups excluding carboxylic acids is 1. The molecule has 6 heteroatoms. The second-order valence-electron chi connectivity index (χ2n) is 4.12. The molecule has 2 rings (SSSR count). The number of nitrogens with one attached hydrogen (secondary N) is 1. The SMILES string of the molecule is CP(=O)(O)OC(=O)NC1CCc2ccccc21. The summed E-state index contributed by atoms with van der Waals surface area (Å²) in [7, 11) is -3.78. The van der Waals surface area contributed by atoms with Crippen molar-refractivity contribution in [3.05, 3.63) is 35.4 Å². The Kier molecular flexibility index (Phi) is 3.22. The van der Waals surface area contributed by atoms with Crippen LogP contribution in [0.3, 0.4) is 0 Å². The highest BCUT2D eigenvalue weighted by molar-refractivity contribution is 7.52. The second-order valence-corrected chi connectivity index (χ2v) is 5.90. The van der Waals surface area contributed by atoms with E-state index in [-0.39, 0.29) is 6.04 Å². The predicted octanol–water partition coefficient (Wildman–Crippen LogP) is 2.22. The lowest BCUT2D eigenvalue weighted by Crippen LogP contribution is -2.26. The predicted molar refractivity (Wildman–Crippen MR) is 62.9 cm³/mol. The molecular weight excluding hydrogens is 241 g/mol. The fourth-order valence-corrected chi connectivity index (χ4v) is 2.39. The van der Waals surface area contributed by atoms with E-state index in [0.29, 0.717) is 0 Å². The molecule has 2 atom stereocenters. The number of carbonyl (C=O) groups is 1. The molecular formula is C11H14NO4P. The number of amides is 1. The van der Waals surface area contributed by atoms with Crippen molar-refractivity contribution in [3.63, 3.8) is 0 Å². The number of benzene rings is 1. The minimum atomic E-state index is -3.78. The molecule has 17 heavy (non-hydrogen) atoms. The Balaban J connectivity index is 2.03. The third kappa shape index (κ3) is 3.08. The molecule has 2 unspecified atom stereocenters. The minimum absolute atomic E-state index is 0.134. The van der Waals surface area contributed by atoms with Crippen LogP contribution in [0.25, 0.3) is 0 Å². The summed E-state index contributed by atoms with van der Waals surface area (Å²) < 4.78 is 15.3. The Morgan fingerprint density at radius 3 is 2.94 bits per heavy atom. The maximum Gasteiger partial charge on any atom is 0.414 e. The lowest BCUT2D eigenvalue weighted by atomic mass is 10.1. The van der Waals surface area contributed by atoms with Crippen molar-refractivity contribution >= 4 is 13.7 Å². The largest absolute Gasteiger partial charge is 0.414 e. The molecule has 0 aliphatic heterocycles. The fraction of sp³-hybridized carbons (Fsp3) is 0.364. The maximum absolute atomic E-state index is 11.4. The molecule has 0 heterocycles. The lowest BCUT2D eigenvalue weighted by Gasteiger charge is -2.14. The van der Waals surface area contributed by atoms with Crippen LogP contribution in [0.5, 0.6) is 0 Å². The first kappa shape index (κ1) is 12.1. The van der Waals surface area contributed by atoms with Crippen LogP contribution in [-0.2, 0) is 15.5 Å². The van der Waals surface area contributed by atoms with Gasteiger partial charge in [0.2, 0.25) is 0 Å². The summed E-state index contributed by atoms with van der Waals surface area (Å²) in [6, 6.07) is 7.68. The van der Waals surface area contributed by atoms with Gasteiger partial charge >= 0.3 is 13.7 Å². The van der Waals surface area contributed by atoms with E-state index < -0.39 is 13.7 Å². The molecule has 1 aliphatic rings. The standard InChI is InChI=1S/C11H14NO4P/c1-17(14,15)16-11(13)12-10-7-6-8-4-2-3-5-9(8)10/h2-5,10H,6-7H2,1H3,(H,12,13)(H,14,15). The van der Waals surface area contributed by atoms with Gasteiger partial charge in [0.15, 0.2) is 0 Å². The second kappa shape index (κ2) is 4.51. The van der Waals surface area contributed by atoms with Gasteiger partial charge in [-0.1, -0.05) is 24.3 Å². The molecule has 0 saturated carbocycles. The molecule has 1 amide bonds. The molecule has 92 valence electrons. The number of fused-ring (bicyclic) bond motifs is 1. The molecule has 0 radical (unpaired) electrons. The van der Waals surface area contributed by atoms with E-state index in [1.54, 1.807) is 0 Å². The average Bonchev–Trinajstić information content (AvgIpc) is 2.59. The summed E-state index contributed by atoms with van der Waals surface area (Å²) in [5.74, 6) is 0. The zero-order valence-corrected chi connectivity index (χ0v) is 10.3. The van der Waals surface area contributed by atoms with Gasteiger partial charge in [-0.2, -0.15) is 0 Å². The summed E-state index contributed by atoms with van der Waals surface area (Å²) in [5.41, 5.74) is 2.25. The van der Waals surface area contributed by atoms with E-state index in [9.17, 15) is 9.36 Å². The number of rotatable bonds is 2. The van der Waals surface area contributed by atoms with Crippen molar-refractivity contribution in [3.8, 4) is 0 Å². The molecule has 5 nitrogen and oxygen atoms in total. The van der Waals surface area contributed by atoms with Crippen LogP contribution >= 0.6 is 7.60 Å². The van der Waals surface area contributed by atoms with Gasteiger partial charge < -0.3 is 14.7 Å². The summed E-state index contributed by atoms with van der Waals surface area (Å²) in [5, 5.41) is 2.60. The monoisotopic (exact) mass is 255 g/mol. The highest BCUT2D eigenvalue weighted by atomic mass is 31.2. The number of hydrogen-bond acceptors (Lipinski definition) is 3. The van der Waals surface area contributed by atoms with Crippen LogP contribution in [0.15, 0.2) is 24.3 Å². The Morgan fingerprint density at radius 2 is 2.24 bits per heavy atom. The van der Waals surface area contributed by atoms with Gasteiger partial charge in [0, 0.05) is 6.66 Å². The Morgan fingerprint density at radius 1 is 1.53 bits per heavy atom. The highest BCUT2D eigenvalue weighted by Crippen LogP contribution is 2.37. The first-order chi connectivity index (χ1) is 7.96. The van der Waals surface area contributed by atoms with Gasteiger partial charge in [-0.05, 0) is 24.0 Å². The molecule has 2 N–H and O–H groups in total. The average molecular weight is 255 g/mol. The quantitative estimate of drug-likeness (QED) is 0.794. The van der Waals surface area contributed by atoms with E-state index >= 15 is 0 Å². The van der Waals surface area contributed by atoms with Gasteiger partial charge in [0.25, 0.3) is 0 Å². The Labute approximate surface area is 99.3 Å². The number of aryl methyl sites for hydroxylation is 1. The van der Waals surface area contributed by atoms with Gasteiger partial charge in [0.05, 0.1) is 6.04 Å². The molecule has 1 aromatic carbocycles. The Bertz CT molecular complexity index is 482. The summed E-state index contributed by atoms with van der Waals surface area (Å²) in [6.45, 7) is 0.981. The minimum Gasteiger partial charge on any atom is -0.375 e. The molecule has 0 saturated heterocycles. The van der Waals surface area contributed by atoms with E-state index in [1.807, 2.05) is 24.3 Å². The first-order valence-corrected chi connectivity index (χ1v) is 7.36. The summed E-state index contributed by atoms with van der Waals surface area (Å²) in [4.78, 5) is 20.3. The van der Waals surface area contributed by atoms with Gasteiger partial charge in [-0.15, -0.1) is 0 Å². The first-order valence-electron chi connectivity index (χ1n) is 5.34. The number of hydrogen-bond donors (Lipinski definition) is 2. The molecule has 1 aliphatic carbocycles. The van der Waals surface area contributed by atoms with Crippen LogP contribution in [0.1, 0.15) is 23.6 Å². The van der Waals surface area contributed by atoms with Crippen molar-refractivity contribution < 1.29 is 18.8 Å². The lowest BCUT2D eigenvalue weighted by molar-refractivity contribution is 0.190. The highest BCUT2D eigenvalue weighted by Gasteiger charge is 2.25. The third-order valence-corrected chi connectivity index (χ3v) is 3.18. The van der Waals surface area contributed by atoms with Gasteiger partial charge in [-0.25, -0.2) is 9.36 Å². The zero-order valence-electron chi connectivity index (χ0n) is 9.42. The molecule has 0 bridgehead atoms. The van der Waals surface area contributed by atoms with E-state index in [1.165, 1.54) is 5.56 Å². The van der Waals surface area contributed by atoms with Crippen LogP contribution in [0, 0.1) is 0 Å². The zero-order chi connectivity index (χ0) is 12.5. The van der Waals surface area contributed by atoms with Gasteiger partial charge in [-0.3, -0.25) is 0 Å². The van der Waals surface area contributed by atoms with Crippen molar-refractivity contribution in [2.75, 3.05) is 6.66 Å². The van der Waals surface area contributed by atoms with Crippen molar-refractivity contribution in [1.29, 1.82) is 0 Å². The topological polar surface area (TPSA) is 75.6 Å². The van der Waals surface area contributed by atoms with Crippen molar-refractivity contribution in [1.82, 2.24) is 5.32 Å². The normalized spacial score (nSPS) is 21.4. The molecule has 0 spiro atoms. The van der Waals surface area contributed by atoms with E-state index in [0.717, 1.165) is 25.1 Å². The van der Waals surface area contributed by atoms with Crippen LogP contribution in [-0.4, -0.2) is 17.7 Å². The Hall–Kier alpha value is -1.32. The molecule has 0 fully saturated rings. The fourth-order valence-electron chi connectivity index (χ4n) is 2.03. The maximum atomic E-state index is 11.4. The molecule has 1 aromatic rings. The summed E-state index contributed by atoms with van der Waals surface area (Å²) in [6.07, 6.45) is 0.831. The van der Waals surface area contributed by atoms with Gasteiger partial charge in [0.1, 0.15) is 0 Å². The van der Waals surface area contributed by atoms with Crippen LogP contribution < -0.4 is 5.32 Å². The van der Waals surface area contributed by atoms with Crippen molar-refractivity contribution in [2.24, 2.45) is 0 Å².